The van der Waals surface area contributed by atoms with Crippen LogP contribution in [0.2, 0.25) is 0 Å². The summed E-state index contributed by atoms with van der Waals surface area (Å²) < 4.78 is 0. The lowest BCUT2D eigenvalue weighted by Crippen LogP contribution is -2.37. The maximum Gasteiger partial charge on any atom is 0.245 e. The van der Waals surface area contributed by atoms with Crippen LogP contribution in [0.3, 0.4) is 0 Å². The summed E-state index contributed by atoms with van der Waals surface area (Å²) in [4.78, 5) is 16.3. The molecule has 4 rings (SSSR count). The third kappa shape index (κ3) is 2.77. The number of nitrogens with two attached hydrogens (primary N) is 1. The molecule has 6 nitrogen and oxygen atoms in total. The van der Waals surface area contributed by atoms with Crippen LogP contribution in [0.1, 0.15) is 18.9 Å². The van der Waals surface area contributed by atoms with Crippen LogP contribution in [0.5, 0.6) is 0 Å². The van der Waals surface area contributed by atoms with Crippen LogP contribution in [-0.4, -0.2) is 51.9 Å². The summed E-state index contributed by atoms with van der Waals surface area (Å²) in [6.45, 7) is 3.87. The smallest absolute Gasteiger partial charge is 0.245 e. The van der Waals surface area contributed by atoms with Gasteiger partial charge in [0, 0.05) is 41.3 Å². The van der Waals surface area contributed by atoms with Crippen LogP contribution in [0.25, 0.3) is 10.9 Å². The quantitative estimate of drug-likeness (QED) is 0.616. The molecule has 1 unspecified atom stereocenters. The monoisotopic (exact) mass is 342 g/mol. The Morgan fingerprint density at radius 3 is 3.00 bits per heavy atom. The number of halogens is 1. The van der Waals surface area contributed by atoms with Crippen molar-refractivity contribution in [2.24, 2.45) is 20.8 Å². The van der Waals surface area contributed by atoms with Gasteiger partial charge in [0.1, 0.15) is 4.87 Å². The van der Waals surface area contributed by atoms with Crippen molar-refractivity contribution in [1.82, 2.24) is 9.99 Å². The summed E-state index contributed by atoms with van der Waals surface area (Å²) >= 11 is 6.71. The summed E-state index contributed by atoms with van der Waals surface area (Å²) in [5.41, 5.74) is 3.88. The third-order valence-electron chi connectivity index (χ3n) is 4.40. The van der Waals surface area contributed by atoms with E-state index in [1.165, 1.54) is 0 Å². The van der Waals surface area contributed by atoms with E-state index >= 15 is 0 Å². The Bertz CT molecular complexity index is 876. The number of aliphatic imine (C=N–C) groups is 3. The summed E-state index contributed by atoms with van der Waals surface area (Å²) in [5, 5.41) is 2.85. The van der Waals surface area contributed by atoms with Gasteiger partial charge in [-0.3, -0.25) is 5.84 Å². The van der Waals surface area contributed by atoms with Crippen LogP contribution >= 0.6 is 11.6 Å². The number of alkyl halides is 1. The molecule has 1 atom stereocenters. The molecular weight excluding hydrogens is 324 g/mol. The standard InChI is InChI=1S/C17H19ClN6/c1-17(18)10-21-16(22-11-6-7-24(19)9-11)23-15(17)13-8-20-14-5-3-2-4-12(13)14/h2-5,8,20H,6-7,9-10,19H2,1H3/b22-11-. The number of aromatic amines is 1. The molecule has 1 aromatic carbocycles. The molecule has 3 heterocycles. The lowest BCUT2D eigenvalue weighted by atomic mass is 9.96. The molecule has 7 heteroatoms. The molecule has 2 aromatic rings. The second kappa shape index (κ2) is 5.81. The average Bonchev–Trinajstić information content (AvgIpc) is 3.15. The molecule has 1 aromatic heterocycles. The summed E-state index contributed by atoms with van der Waals surface area (Å²) in [6.07, 6.45) is 2.81. The fourth-order valence-electron chi connectivity index (χ4n) is 3.11. The highest BCUT2D eigenvalue weighted by atomic mass is 35.5. The highest BCUT2D eigenvalue weighted by Crippen LogP contribution is 2.29. The Morgan fingerprint density at radius 2 is 2.21 bits per heavy atom. The van der Waals surface area contributed by atoms with E-state index < -0.39 is 4.87 Å². The number of H-pyrrole nitrogens is 1. The van der Waals surface area contributed by atoms with Gasteiger partial charge in [0.2, 0.25) is 5.96 Å². The van der Waals surface area contributed by atoms with E-state index in [2.05, 4.69) is 26.0 Å². The Labute approximate surface area is 145 Å². The zero-order chi connectivity index (χ0) is 16.7. The van der Waals surface area contributed by atoms with Gasteiger partial charge in [0.25, 0.3) is 0 Å². The molecule has 0 aliphatic carbocycles. The minimum absolute atomic E-state index is 0.450. The molecule has 1 saturated heterocycles. The molecule has 1 fully saturated rings. The van der Waals surface area contributed by atoms with E-state index in [-0.39, 0.29) is 0 Å². The second-order valence-corrected chi connectivity index (χ2v) is 7.25. The van der Waals surface area contributed by atoms with Gasteiger partial charge in [-0.25, -0.2) is 20.0 Å². The van der Waals surface area contributed by atoms with Crippen LogP contribution in [0, 0.1) is 0 Å². The topological polar surface area (TPSA) is 82.1 Å². The van der Waals surface area contributed by atoms with Crippen molar-refractivity contribution in [2.45, 2.75) is 18.2 Å². The number of hydrazine groups is 1. The van der Waals surface area contributed by atoms with Crippen molar-refractivity contribution in [1.29, 1.82) is 0 Å². The zero-order valence-corrected chi connectivity index (χ0v) is 14.2. The van der Waals surface area contributed by atoms with Gasteiger partial charge in [-0.2, -0.15) is 0 Å². The predicted molar refractivity (Wildman–Crippen MR) is 99.2 cm³/mol. The molecule has 3 N–H and O–H groups in total. The number of aromatic nitrogens is 1. The first-order valence-electron chi connectivity index (χ1n) is 7.98. The number of para-hydroxylation sites is 1. The van der Waals surface area contributed by atoms with Gasteiger partial charge in [0.15, 0.2) is 0 Å². The van der Waals surface area contributed by atoms with Crippen molar-refractivity contribution in [3.05, 3.63) is 36.0 Å². The minimum Gasteiger partial charge on any atom is -0.360 e. The number of guanidine groups is 1. The van der Waals surface area contributed by atoms with Gasteiger partial charge in [-0.05, 0) is 13.0 Å². The normalized spacial score (nSPS) is 26.9. The SMILES string of the molecule is CC1(Cl)CN=C(/N=C2/CCN(N)C2)N=C1c1c[nH]c2ccccc12. The Balaban J connectivity index is 1.75. The van der Waals surface area contributed by atoms with E-state index in [0.29, 0.717) is 19.0 Å². The van der Waals surface area contributed by atoms with Gasteiger partial charge >= 0.3 is 0 Å². The Hall–Kier alpha value is -2.02. The zero-order valence-electron chi connectivity index (χ0n) is 13.5. The van der Waals surface area contributed by atoms with E-state index in [9.17, 15) is 0 Å². The average molecular weight is 343 g/mol. The molecule has 2 aliphatic heterocycles. The molecule has 0 spiro atoms. The lowest BCUT2D eigenvalue weighted by Gasteiger charge is -2.25. The number of benzene rings is 1. The van der Waals surface area contributed by atoms with Gasteiger partial charge < -0.3 is 4.98 Å². The maximum atomic E-state index is 6.71. The number of nitrogens with zero attached hydrogens (tertiary/aromatic N) is 4. The highest BCUT2D eigenvalue weighted by Gasteiger charge is 2.34. The summed E-state index contributed by atoms with van der Waals surface area (Å²) in [7, 11) is 0. The first-order valence-corrected chi connectivity index (χ1v) is 8.36. The van der Waals surface area contributed by atoms with Crippen molar-refractivity contribution >= 4 is 39.9 Å². The molecule has 0 amide bonds. The number of nitrogens with one attached hydrogen (secondary N) is 1. The van der Waals surface area contributed by atoms with Crippen LogP contribution < -0.4 is 5.84 Å². The fourth-order valence-corrected chi connectivity index (χ4v) is 3.32. The molecule has 24 heavy (non-hydrogen) atoms. The fraction of sp³-hybridized carbons (Fsp3) is 0.353. The summed E-state index contributed by atoms with van der Waals surface area (Å²) in [6, 6.07) is 8.12. The summed E-state index contributed by atoms with van der Waals surface area (Å²) in [5.74, 6) is 6.28. The maximum absolute atomic E-state index is 6.71. The Kier molecular flexibility index (Phi) is 3.75. The number of hydrogen-bond acceptors (Lipinski definition) is 5. The number of rotatable bonds is 1. The largest absolute Gasteiger partial charge is 0.360 e. The minimum atomic E-state index is -0.649. The number of fused-ring (bicyclic) bond motifs is 1. The molecule has 0 bridgehead atoms. The highest BCUT2D eigenvalue weighted by molar-refractivity contribution is 6.41. The molecular formula is C17H19ClN6. The van der Waals surface area contributed by atoms with Crippen LogP contribution in [0.4, 0.5) is 0 Å². The van der Waals surface area contributed by atoms with E-state index in [4.69, 9.17) is 17.4 Å². The molecule has 0 radical (unpaired) electrons. The van der Waals surface area contributed by atoms with Crippen molar-refractivity contribution in [3.8, 4) is 0 Å². The van der Waals surface area contributed by atoms with Gasteiger partial charge in [-0.1, -0.05) is 18.2 Å². The van der Waals surface area contributed by atoms with E-state index in [0.717, 1.165) is 40.9 Å². The second-order valence-electron chi connectivity index (χ2n) is 6.42. The number of hydrogen-bond donors (Lipinski definition) is 2. The third-order valence-corrected chi connectivity index (χ3v) is 4.70. The Morgan fingerprint density at radius 1 is 1.38 bits per heavy atom. The molecule has 2 aliphatic rings. The van der Waals surface area contributed by atoms with E-state index in [1.807, 2.05) is 31.3 Å². The predicted octanol–water partition coefficient (Wildman–Crippen LogP) is 2.34. The molecule has 0 saturated carbocycles. The van der Waals surface area contributed by atoms with Crippen molar-refractivity contribution in [3.63, 3.8) is 0 Å². The van der Waals surface area contributed by atoms with E-state index in [1.54, 1.807) is 5.01 Å². The lowest BCUT2D eigenvalue weighted by molar-refractivity contribution is 0.365. The van der Waals surface area contributed by atoms with Crippen LogP contribution in [-0.2, 0) is 0 Å². The van der Waals surface area contributed by atoms with Gasteiger partial charge in [0.05, 0.1) is 18.8 Å². The van der Waals surface area contributed by atoms with Gasteiger partial charge in [-0.15, -0.1) is 11.6 Å². The first kappa shape index (κ1) is 15.5. The van der Waals surface area contributed by atoms with Crippen molar-refractivity contribution in [2.75, 3.05) is 19.6 Å². The van der Waals surface area contributed by atoms with Crippen molar-refractivity contribution < 1.29 is 0 Å². The first-order chi connectivity index (χ1) is 11.5. The van der Waals surface area contributed by atoms with Crippen LogP contribution in [0.15, 0.2) is 45.4 Å². The molecule has 124 valence electrons.